The summed E-state index contributed by atoms with van der Waals surface area (Å²) in [5.41, 5.74) is 5.80. The Balaban J connectivity index is 2.67. The molecule has 0 radical (unpaired) electrons. The van der Waals surface area contributed by atoms with Crippen molar-refractivity contribution in [2.45, 2.75) is 24.7 Å². The molecule has 0 spiro atoms. The van der Waals surface area contributed by atoms with Gasteiger partial charge in [-0.25, -0.2) is 13.1 Å². The topological polar surface area (TPSA) is 122 Å². The van der Waals surface area contributed by atoms with E-state index < -0.39 is 10.0 Å². The number of sulfonamides is 1. The Bertz CT molecular complexity index is 650. The zero-order chi connectivity index (χ0) is 15.9. The Morgan fingerprint density at radius 3 is 2.81 bits per heavy atom. The van der Waals surface area contributed by atoms with Crippen LogP contribution in [0, 0.1) is 11.3 Å². The fraction of sp³-hybridized carbons (Fsp3) is 0.385. The summed E-state index contributed by atoms with van der Waals surface area (Å²) in [6.07, 6.45) is 0.443. The van der Waals surface area contributed by atoms with E-state index in [2.05, 4.69) is 4.72 Å². The predicted molar refractivity (Wildman–Crippen MR) is 76.6 cm³/mol. The summed E-state index contributed by atoms with van der Waals surface area (Å²) in [4.78, 5) is 11.0. The molecule has 0 saturated heterocycles. The molecule has 0 aliphatic carbocycles. The van der Waals surface area contributed by atoms with E-state index in [-0.39, 0.29) is 29.4 Å². The molecular weight excluding hydrogens is 294 g/mol. The summed E-state index contributed by atoms with van der Waals surface area (Å²) in [5, 5.41) is 8.95. The summed E-state index contributed by atoms with van der Waals surface area (Å²) in [6.45, 7) is 2.07. The van der Waals surface area contributed by atoms with Crippen molar-refractivity contribution in [2.75, 3.05) is 18.9 Å². The third kappa shape index (κ3) is 5.06. The van der Waals surface area contributed by atoms with Crippen molar-refractivity contribution in [3.63, 3.8) is 0 Å². The molecule has 0 amide bonds. The van der Waals surface area contributed by atoms with Gasteiger partial charge in [-0.3, -0.25) is 4.79 Å². The number of hydrogen-bond acceptors (Lipinski definition) is 6. The van der Waals surface area contributed by atoms with E-state index in [4.69, 9.17) is 15.7 Å². The lowest BCUT2D eigenvalue weighted by Gasteiger charge is -2.08. The SMILES string of the molecule is CCOC(=O)CCCNS(=O)(=O)c1ccc(N)cc1C#N. The Kier molecular flexibility index (Phi) is 6.14. The number of nitriles is 1. The van der Waals surface area contributed by atoms with Crippen molar-refractivity contribution < 1.29 is 17.9 Å². The van der Waals surface area contributed by atoms with Crippen molar-refractivity contribution in [1.82, 2.24) is 4.72 Å². The van der Waals surface area contributed by atoms with Crippen LogP contribution in [-0.4, -0.2) is 27.5 Å². The molecule has 21 heavy (non-hydrogen) atoms. The van der Waals surface area contributed by atoms with Crippen LogP contribution in [0.5, 0.6) is 0 Å². The highest BCUT2D eigenvalue weighted by Crippen LogP contribution is 2.17. The van der Waals surface area contributed by atoms with Gasteiger partial charge in [-0.05, 0) is 31.5 Å². The fourth-order valence-electron chi connectivity index (χ4n) is 1.62. The van der Waals surface area contributed by atoms with Gasteiger partial charge >= 0.3 is 5.97 Å². The number of benzene rings is 1. The number of ether oxygens (including phenoxy) is 1. The number of esters is 1. The second kappa shape index (κ2) is 7.61. The van der Waals surface area contributed by atoms with E-state index in [1.165, 1.54) is 18.2 Å². The molecule has 0 aliphatic rings. The number of carbonyl (C=O) groups excluding carboxylic acids is 1. The van der Waals surface area contributed by atoms with Crippen LogP contribution >= 0.6 is 0 Å². The minimum absolute atomic E-state index is 0.0205. The first-order valence-electron chi connectivity index (χ1n) is 6.35. The van der Waals surface area contributed by atoms with Gasteiger partial charge in [0, 0.05) is 18.7 Å². The highest BCUT2D eigenvalue weighted by molar-refractivity contribution is 7.89. The molecule has 114 valence electrons. The van der Waals surface area contributed by atoms with Gasteiger partial charge in [-0.1, -0.05) is 0 Å². The van der Waals surface area contributed by atoms with Crippen molar-refractivity contribution in [1.29, 1.82) is 5.26 Å². The van der Waals surface area contributed by atoms with Crippen molar-refractivity contribution in [3.05, 3.63) is 23.8 Å². The third-order valence-electron chi connectivity index (χ3n) is 2.57. The van der Waals surface area contributed by atoms with E-state index in [9.17, 15) is 13.2 Å². The number of nitrogens with two attached hydrogens (primary N) is 1. The lowest BCUT2D eigenvalue weighted by atomic mass is 10.2. The molecule has 0 saturated carbocycles. The average molecular weight is 311 g/mol. The van der Waals surface area contributed by atoms with Gasteiger partial charge in [0.05, 0.1) is 17.1 Å². The van der Waals surface area contributed by atoms with Crippen LogP contribution in [0.25, 0.3) is 0 Å². The molecule has 0 heterocycles. The fourth-order valence-corrected chi connectivity index (χ4v) is 2.83. The average Bonchev–Trinajstić information content (AvgIpc) is 2.43. The Hall–Kier alpha value is -2.11. The van der Waals surface area contributed by atoms with E-state index in [0.717, 1.165) is 0 Å². The second-order valence-electron chi connectivity index (χ2n) is 4.17. The van der Waals surface area contributed by atoms with Crippen LogP contribution in [0.3, 0.4) is 0 Å². The van der Waals surface area contributed by atoms with Crippen LogP contribution in [0.4, 0.5) is 5.69 Å². The van der Waals surface area contributed by atoms with Crippen LogP contribution in [0.15, 0.2) is 23.1 Å². The van der Waals surface area contributed by atoms with Gasteiger partial charge in [0.15, 0.2) is 0 Å². The largest absolute Gasteiger partial charge is 0.466 e. The number of rotatable bonds is 7. The lowest BCUT2D eigenvalue weighted by molar-refractivity contribution is -0.143. The third-order valence-corrected chi connectivity index (χ3v) is 4.09. The van der Waals surface area contributed by atoms with Crippen molar-refractivity contribution in [3.8, 4) is 6.07 Å². The highest BCUT2D eigenvalue weighted by atomic mass is 32.2. The summed E-state index contributed by atoms with van der Waals surface area (Å²) in [6, 6.07) is 5.78. The molecule has 0 bridgehead atoms. The quantitative estimate of drug-likeness (QED) is 0.435. The first-order valence-corrected chi connectivity index (χ1v) is 7.84. The van der Waals surface area contributed by atoms with Gasteiger partial charge in [-0.2, -0.15) is 5.26 Å². The molecule has 0 fully saturated rings. The van der Waals surface area contributed by atoms with Crippen molar-refractivity contribution >= 4 is 21.7 Å². The summed E-state index contributed by atoms with van der Waals surface area (Å²) < 4.78 is 31.2. The molecule has 0 unspecified atom stereocenters. The molecule has 1 aromatic carbocycles. The number of nitrogens with one attached hydrogen (secondary N) is 1. The smallest absolute Gasteiger partial charge is 0.305 e. The zero-order valence-corrected chi connectivity index (χ0v) is 12.4. The first kappa shape index (κ1) is 16.9. The van der Waals surface area contributed by atoms with Gasteiger partial charge < -0.3 is 10.5 Å². The molecule has 1 aromatic rings. The minimum Gasteiger partial charge on any atom is -0.466 e. The molecule has 7 nitrogen and oxygen atoms in total. The molecular formula is C13H17N3O4S. The number of anilines is 1. The lowest BCUT2D eigenvalue weighted by Crippen LogP contribution is -2.26. The van der Waals surface area contributed by atoms with Crippen LogP contribution in [0.1, 0.15) is 25.3 Å². The van der Waals surface area contributed by atoms with E-state index in [1.54, 1.807) is 13.0 Å². The van der Waals surface area contributed by atoms with Gasteiger partial charge in [0.2, 0.25) is 10.0 Å². The van der Waals surface area contributed by atoms with E-state index >= 15 is 0 Å². The first-order chi connectivity index (χ1) is 9.90. The van der Waals surface area contributed by atoms with Gasteiger partial charge in [-0.15, -0.1) is 0 Å². The van der Waals surface area contributed by atoms with Crippen LogP contribution in [-0.2, 0) is 19.6 Å². The van der Waals surface area contributed by atoms with Crippen LogP contribution in [0.2, 0.25) is 0 Å². The number of nitrogens with zero attached hydrogens (tertiary/aromatic N) is 1. The van der Waals surface area contributed by atoms with Crippen molar-refractivity contribution in [2.24, 2.45) is 0 Å². The summed E-state index contributed by atoms with van der Waals surface area (Å²) in [5.74, 6) is -0.373. The maximum Gasteiger partial charge on any atom is 0.305 e. The molecule has 1 rings (SSSR count). The molecule has 0 aromatic heterocycles. The normalized spacial score (nSPS) is 10.9. The molecule has 0 atom stereocenters. The maximum absolute atomic E-state index is 12.1. The van der Waals surface area contributed by atoms with Crippen LogP contribution < -0.4 is 10.5 Å². The minimum atomic E-state index is -3.81. The highest BCUT2D eigenvalue weighted by Gasteiger charge is 2.18. The molecule has 0 aliphatic heterocycles. The monoisotopic (exact) mass is 311 g/mol. The Labute approximate surface area is 123 Å². The Morgan fingerprint density at radius 2 is 2.19 bits per heavy atom. The van der Waals surface area contributed by atoms with Gasteiger partial charge in [0.1, 0.15) is 6.07 Å². The maximum atomic E-state index is 12.1. The predicted octanol–water partition coefficient (Wildman–Crippen LogP) is 0.762. The van der Waals surface area contributed by atoms with E-state index in [0.29, 0.717) is 18.7 Å². The summed E-state index contributed by atoms with van der Waals surface area (Å²) >= 11 is 0. The number of carbonyl (C=O) groups is 1. The van der Waals surface area contributed by atoms with Gasteiger partial charge in [0.25, 0.3) is 0 Å². The van der Waals surface area contributed by atoms with E-state index in [1.807, 2.05) is 0 Å². The second-order valence-corrected chi connectivity index (χ2v) is 5.91. The molecule has 3 N–H and O–H groups in total. The zero-order valence-electron chi connectivity index (χ0n) is 11.6. The number of hydrogen-bond donors (Lipinski definition) is 2. The Morgan fingerprint density at radius 1 is 1.48 bits per heavy atom. The summed E-state index contributed by atoms with van der Waals surface area (Å²) in [7, 11) is -3.81. The molecule has 8 heteroatoms. The standard InChI is InChI=1S/C13H17N3O4S/c1-2-20-13(17)4-3-7-16-21(18,19)12-6-5-11(15)8-10(12)9-14/h5-6,8,16H,2-4,7,15H2,1H3. The number of nitrogen functional groups attached to an aromatic ring is 1.